The fourth-order valence-corrected chi connectivity index (χ4v) is 0.968. The summed E-state index contributed by atoms with van der Waals surface area (Å²) >= 11 is 0. The molecule has 1 N–H and O–H groups in total. The van der Waals surface area contributed by atoms with E-state index in [9.17, 15) is 4.39 Å². The van der Waals surface area contributed by atoms with E-state index in [0.29, 0.717) is 5.56 Å². The normalized spacial score (nSPS) is 8.67. The first-order valence-corrected chi connectivity index (χ1v) is 4.17. The second-order valence-corrected chi connectivity index (χ2v) is 2.66. The second-order valence-electron chi connectivity index (χ2n) is 2.66. The van der Waals surface area contributed by atoms with E-state index in [1.807, 2.05) is 0 Å². The number of azide groups is 1. The number of hydrogen-bond donors (Lipinski definition) is 1. The van der Waals surface area contributed by atoms with Crippen molar-refractivity contribution in [3.05, 3.63) is 45.6 Å². The van der Waals surface area contributed by atoms with Gasteiger partial charge in [-0.25, -0.2) is 4.39 Å². The van der Waals surface area contributed by atoms with E-state index in [1.54, 1.807) is 0 Å². The minimum absolute atomic E-state index is 0.000702. The first-order valence-electron chi connectivity index (χ1n) is 4.17. The van der Waals surface area contributed by atoms with Crippen molar-refractivity contribution in [3.8, 4) is 11.8 Å². The number of aliphatic hydroxyl groups is 1. The zero-order chi connectivity index (χ0) is 11.1. The quantitative estimate of drug-likeness (QED) is 0.341. The van der Waals surface area contributed by atoms with Crippen molar-refractivity contribution >= 4 is 0 Å². The summed E-state index contributed by atoms with van der Waals surface area (Å²) in [5.74, 6) is 4.57. The van der Waals surface area contributed by atoms with Gasteiger partial charge in [-0.15, -0.1) is 0 Å². The smallest absolute Gasteiger partial charge is 0.138 e. The third-order valence-corrected chi connectivity index (χ3v) is 1.65. The van der Waals surface area contributed by atoms with E-state index in [0.717, 1.165) is 0 Å². The lowest BCUT2D eigenvalue weighted by Gasteiger charge is -1.97. The zero-order valence-corrected chi connectivity index (χ0v) is 7.81. The molecule has 0 aliphatic carbocycles. The molecular formula is C10H8FN3O. The van der Waals surface area contributed by atoms with E-state index in [2.05, 4.69) is 21.9 Å². The van der Waals surface area contributed by atoms with Crippen LogP contribution in [0.4, 0.5) is 4.39 Å². The van der Waals surface area contributed by atoms with Gasteiger partial charge in [-0.2, -0.15) is 0 Å². The maximum Gasteiger partial charge on any atom is 0.138 e. The SMILES string of the molecule is [N-]=[N+]=NCC#Cc1cc(CO)ccc1F. The summed E-state index contributed by atoms with van der Waals surface area (Å²) in [4.78, 5) is 2.51. The molecule has 0 aliphatic rings. The van der Waals surface area contributed by atoms with Gasteiger partial charge in [0.15, 0.2) is 0 Å². The maximum atomic E-state index is 13.1. The molecule has 76 valence electrons. The van der Waals surface area contributed by atoms with Crippen molar-refractivity contribution in [3.63, 3.8) is 0 Å². The average molecular weight is 205 g/mol. The first kappa shape index (κ1) is 11.1. The molecule has 0 radical (unpaired) electrons. The highest BCUT2D eigenvalue weighted by Crippen LogP contribution is 2.09. The number of halogens is 1. The average Bonchev–Trinajstić information content (AvgIpc) is 2.26. The third kappa shape index (κ3) is 3.31. The molecular weight excluding hydrogens is 197 g/mol. The molecule has 1 rings (SSSR count). The standard InChI is InChI=1S/C10H8FN3O/c11-10-4-3-8(7-15)6-9(10)2-1-5-13-14-12/h3-4,6,15H,5,7H2. The van der Waals surface area contributed by atoms with Crippen molar-refractivity contribution < 1.29 is 9.50 Å². The summed E-state index contributed by atoms with van der Waals surface area (Å²) in [6.45, 7) is -0.162. The van der Waals surface area contributed by atoms with Crippen LogP contribution in [0, 0.1) is 17.7 Å². The van der Waals surface area contributed by atoms with E-state index >= 15 is 0 Å². The van der Waals surface area contributed by atoms with Crippen LogP contribution in [0.1, 0.15) is 11.1 Å². The Morgan fingerprint density at radius 2 is 2.33 bits per heavy atom. The Labute approximate surface area is 86.0 Å². The highest BCUT2D eigenvalue weighted by molar-refractivity contribution is 5.38. The van der Waals surface area contributed by atoms with Crippen molar-refractivity contribution in [1.29, 1.82) is 0 Å². The number of nitrogens with zero attached hydrogens (tertiary/aromatic N) is 3. The van der Waals surface area contributed by atoms with Gasteiger partial charge in [-0.3, -0.25) is 0 Å². The lowest BCUT2D eigenvalue weighted by atomic mass is 10.1. The Balaban J connectivity index is 2.90. The first-order chi connectivity index (χ1) is 7.27. The number of aliphatic hydroxyl groups excluding tert-OH is 1. The van der Waals surface area contributed by atoms with Gasteiger partial charge in [0.05, 0.1) is 18.7 Å². The van der Waals surface area contributed by atoms with Crippen LogP contribution in [0.5, 0.6) is 0 Å². The van der Waals surface area contributed by atoms with Crippen LogP contribution in [0.2, 0.25) is 0 Å². The minimum Gasteiger partial charge on any atom is -0.392 e. The van der Waals surface area contributed by atoms with Crippen LogP contribution in [0.25, 0.3) is 10.4 Å². The molecule has 15 heavy (non-hydrogen) atoms. The molecule has 0 aliphatic heterocycles. The molecule has 0 fully saturated rings. The highest BCUT2D eigenvalue weighted by atomic mass is 19.1. The second kappa shape index (κ2) is 5.66. The molecule has 0 unspecified atom stereocenters. The molecule has 0 amide bonds. The van der Waals surface area contributed by atoms with Crippen molar-refractivity contribution in [2.45, 2.75) is 6.61 Å². The Hall–Kier alpha value is -2.02. The monoisotopic (exact) mass is 205 g/mol. The van der Waals surface area contributed by atoms with Crippen molar-refractivity contribution in [2.75, 3.05) is 6.54 Å². The van der Waals surface area contributed by atoms with Gasteiger partial charge in [-0.1, -0.05) is 23.0 Å². The maximum absolute atomic E-state index is 13.1. The molecule has 5 heteroatoms. The Bertz CT molecular complexity index is 455. The van der Waals surface area contributed by atoms with Crippen LogP contribution in [-0.4, -0.2) is 11.7 Å². The van der Waals surface area contributed by atoms with Crippen molar-refractivity contribution in [2.24, 2.45) is 5.11 Å². The van der Waals surface area contributed by atoms with Gasteiger partial charge in [0, 0.05) is 4.91 Å². The Morgan fingerprint density at radius 1 is 1.53 bits per heavy atom. The predicted molar refractivity (Wildman–Crippen MR) is 53.2 cm³/mol. The molecule has 1 aromatic carbocycles. The molecule has 0 heterocycles. The fourth-order valence-electron chi connectivity index (χ4n) is 0.968. The molecule has 0 spiro atoms. The molecule has 1 aromatic rings. The summed E-state index contributed by atoms with van der Waals surface area (Å²) in [5, 5.41) is 12.0. The van der Waals surface area contributed by atoms with Crippen molar-refractivity contribution in [1.82, 2.24) is 0 Å². The zero-order valence-electron chi connectivity index (χ0n) is 7.81. The number of hydrogen-bond acceptors (Lipinski definition) is 2. The van der Waals surface area contributed by atoms with Gasteiger partial charge in [0.2, 0.25) is 0 Å². The largest absolute Gasteiger partial charge is 0.392 e. The summed E-state index contributed by atoms with van der Waals surface area (Å²) in [6, 6.07) is 4.18. The summed E-state index contributed by atoms with van der Waals surface area (Å²) < 4.78 is 13.1. The van der Waals surface area contributed by atoms with Gasteiger partial charge in [0.1, 0.15) is 5.82 Å². The molecule has 0 saturated heterocycles. The van der Waals surface area contributed by atoms with Crippen LogP contribution >= 0.6 is 0 Å². The molecule has 0 atom stereocenters. The van der Waals surface area contributed by atoms with E-state index in [1.165, 1.54) is 18.2 Å². The van der Waals surface area contributed by atoms with Gasteiger partial charge < -0.3 is 5.11 Å². The van der Waals surface area contributed by atoms with Gasteiger partial charge >= 0.3 is 0 Å². The molecule has 0 bridgehead atoms. The highest BCUT2D eigenvalue weighted by Gasteiger charge is 1.99. The Morgan fingerprint density at radius 3 is 3.00 bits per heavy atom. The van der Waals surface area contributed by atoms with Crippen LogP contribution in [0.15, 0.2) is 23.3 Å². The van der Waals surface area contributed by atoms with E-state index in [4.69, 9.17) is 10.6 Å². The summed E-state index contributed by atoms with van der Waals surface area (Å²) in [6.07, 6.45) is 0. The van der Waals surface area contributed by atoms with Crippen LogP contribution in [0.3, 0.4) is 0 Å². The number of rotatable bonds is 2. The molecule has 0 saturated carbocycles. The Kier molecular flexibility index (Phi) is 4.17. The van der Waals surface area contributed by atoms with E-state index in [-0.39, 0.29) is 18.7 Å². The lowest BCUT2D eigenvalue weighted by Crippen LogP contribution is -1.89. The van der Waals surface area contributed by atoms with Gasteiger partial charge in [0.25, 0.3) is 0 Å². The fraction of sp³-hybridized carbons (Fsp3) is 0.200. The topological polar surface area (TPSA) is 69.0 Å². The predicted octanol–water partition coefficient (Wildman–Crippen LogP) is 1.98. The van der Waals surface area contributed by atoms with Gasteiger partial charge in [-0.05, 0) is 23.2 Å². The third-order valence-electron chi connectivity index (χ3n) is 1.65. The summed E-state index contributed by atoms with van der Waals surface area (Å²) in [7, 11) is 0. The summed E-state index contributed by atoms with van der Waals surface area (Å²) in [5.41, 5.74) is 8.76. The minimum atomic E-state index is -0.458. The number of benzene rings is 1. The van der Waals surface area contributed by atoms with Crippen LogP contribution in [-0.2, 0) is 6.61 Å². The lowest BCUT2D eigenvalue weighted by molar-refractivity contribution is 0.281. The van der Waals surface area contributed by atoms with Crippen LogP contribution < -0.4 is 0 Å². The van der Waals surface area contributed by atoms with E-state index < -0.39 is 5.82 Å². The molecule has 0 aromatic heterocycles. The molecule has 4 nitrogen and oxygen atoms in total.